The molecule has 1 fully saturated rings. The van der Waals surface area contributed by atoms with Crippen molar-refractivity contribution in [2.24, 2.45) is 0 Å². The first-order valence-electron chi connectivity index (χ1n) is 5.26. The Bertz CT molecular complexity index is 584. The molecule has 5 heteroatoms. The van der Waals surface area contributed by atoms with Crippen molar-refractivity contribution in [2.45, 2.75) is 25.7 Å². The average Bonchev–Trinajstić information content (AvgIpc) is 2.98. The van der Waals surface area contributed by atoms with E-state index in [-0.39, 0.29) is 5.69 Å². The molecule has 5 nitrogen and oxygen atoms in total. The molecule has 2 aromatic heterocycles. The third-order valence-electron chi connectivity index (χ3n) is 2.78. The fraction of sp³-hybridized carbons (Fsp3) is 0.364. The van der Waals surface area contributed by atoms with Crippen molar-refractivity contribution in [3.8, 4) is 0 Å². The maximum absolute atomic E-state index is 11.1. The number of aryl methyl sites for hydroxylation is 1. The van der Waals surface area contributed by atoms with E-state index in [1.807, 2.05) is 6.92 Å². The molecule has 1 N–H and O–H groups in total. The smallest absolute Gasteiger partial charge is 0.354 e. The highest BCUT2D eigenvalue weighted by Gasteiger charge is 2.27. The molecule has 2 heterocycles. The fourth-order valence-electron chi connectivity index (χ4n) is 1.85. The first kappa shape index (κ1) is 9.33. The van der Waals surface area contributed by atoms with E-state index < -0.39 is 5.97 Å². The number of nitrogens with zero attached hydrogens (tertiary/aromatic N) is 3. The number of hydrogen-bond donors (Lipinski definition) is 1. The summed E-state index contributed by atoms with van der Waals surface area (Å²) in [5.41, 5.74) is 2.48. The van der Waals surface area contributed by atoms with Gasteiger partial charge in [-0.25, -0.2) is 14.3 Å². The molecule has 1 aliphatic rings. The number of rotatable bonds is 2. The SMILES string of the molecule is Cc1cc2nc(C3CC3)cc(C(=O)O)n2n1. The van der Waals surface area contributed by atoms with Crippen LogP contribution in [0.5, 0.6) is 0 Å². The highest BCUT2D eigenvalue weighted by molar-refractivity contribution is 5.86. The van der Waals surface area contributed by atoms with Gasteiger partial charge in [0.05, 0.1) is 5.69 Å². The third kappa shape index (κ3) is 1.36. The molecule has 0 amide bonds. The van der Waals surface area contributed by atoms with Crippen molar-refractivity contribution in [3.05, 3.63) is 29.2 Å². The van der Waals surface area contributed by atoms with Crippen LogP contribution in [0.25, 0.3) is 5.65 Å². The molecule has 1 saturated carbocycles. The number of fused-ring (bicyclic) bond motifs is 1. The Labute approximate surface area is 91.7 Å². The van der Waals surface area contributed by atoms with E-state index in [2.05, 4.69) is 10.1 Å². The molecule has 0 atom stereocenters. The maximum Gasteiger partial charge on any atom is 0.354 e. The molecule has 3 rings (SSSR count). The normalized spacial score (nSPS) is 15.6. The minimum absolute atomic E-state index is 0.194. The Balaban J connectivity index is 2.29. The fourth-order valence-corrected chi connectivity index (χ4v) is 1.85. The van der Waals surface area contributed by atoms with E-state index in [9.17, 15) is 4.79 Å². The molecule has 0 aromatic carbocycles. The van der Waals surface area contributed by atoms with Gasteiger partial charge in [0.25, 0.3) is 0 Å². The quantitative estimate of drug-likeness (QED) is 0.829. The summed E-state index contributed by atoms with van der Waals surface area (Å²) in [4.78, 5) is 15.6. The molecule has 16 heavy (non-hydrogen) atoms. The molecule has 0 aliphatic heterocycles. The second-order valence-corrected chi connectivity index (χ2v) is 4.20. The van der Waals surface area contributed by atoms with Gasteiger partial charge in [0.1, 0.15) is 0 Å². The number of carboxylic acid groups (broad SMARTS) is 1. The molecule has 0 spiro atoms. The molecule has 0 unspecified atom stereocenters. The number of aromatic nitrogens is 3. The molecule has 82 valence electrons. The van der Waals surface area contributed by atoms with Gasteiger partial charge in [-0.1, -0.05) is 0 Å². The van der Waals surface area contributed by atoms with Gasteiger partial charge >= 0.3 is 5.97 Å². The third-order valence-corrected chi connectivity index (χ3v) is 2.78. The summed E-state index contributed by atoms with van der Waals surface area (Å²) in [5.74, 6) is -0.518. The van der Waals surface area contributed by atoms with Crippen molar-refractivity contribution >= 4 is 11.6 Å². The Kier molecular flexibility index (Phi) is 1.77. The summed E-state index contributed by atoms with van der Waals surface area (Å²) in [7, 11) is 0. The van der Waals surface area contributed by atoms with Gasteiger partial charge in [-0.15, -0.1) is 0 Å². The minimum Gasteiger partial charge on any atom is -0.477 e. The molecule has 2 aromatic rings. The summed E-state index contributed by atoms with van der Waals surface area (Å²) < 4.78 is 1.39. The van der Waals surface area contributed by atoms with Gasteiger partial charge in [0.15, 0.2) is 11.3 Å². The average molecular weight is 217 g/mol. The number of carbonyl (C=O) groups is 1. The lowest BCUT2D eigenvalue weighted by Crippen LogP contribution is -2.09. The van der Waals surface area contributed by atoms with Crippen LogP contribution in [0.4, 0.5) is 0 Å². The van der Waals surface area contributed by atoms with Gasteiger partial charge in [-0.2, -0.15) is 5.10 Å². The largest absolute Gasteiger partial charge is 0.477 e. The maximum atomic E-state index is 11.1. The Morgan fingerprint density at radius 2 is 2.25 bits per heavy atom. The lowest BCUT2D eigenvalue weighted by Gasteiger charge is -2.03. The minimum atomic E-state index is -0.961. The zero-order valence-corrected chi connectivity index (χ0v) is 8.84. The van der Waals surface area contributed by atoms with Crippen LogP contribution in [0.3, 0.4) is 0 Å². The van der Waals surface area contributed by atoms with Crippen LogP contribution in [-0.2, 0) is 0 Å². The molecular weight excluding hydrogens is 206 g/mol. The van der Waals surface area contributed by atoms with E-state index in [0.29, 0.717) is 11.6 Å². The summed E-state index contributed by atoms with van der Waals surface area (Å²) >= 11 is 0. The lowest BCUT2D eigenvalue weighted by molar-refractivity contribution is 0.0687. The number of aromatic carboxylic acids is 1. The summed E-state index contributed by atoms with van der Waals surface area (Å²) in [5, 5.41) is 13.3. The van der Waals surface area contributed by atoms with E-state index in [4.69, 9.17) is 5.11 Å². The van der Waals surface area contributed by atoms with E-state index in [1.165, 1.54) is 4.52 Å². The van der Waals surface area contributed by atoms with Crippen LogP contribution in [0.15, 0.2) is 12.1 Å². The highest BCUT2D eigenvalue weighted by atomic mass is 16.4. The predicted molar refractivity (Wildman–Crippen MR) is 56.7 cm³/mol. The highest BCUT2D eigenvalue weighted by Crippen LogP contribution is 2.39. The Morgan fingerprint density at radius 1 is 1.50 bits per heavy atom. The predicted octanol–water partition coefficient (Wildman–Crippen LogP) is 1.61. The Hall–Kier alpha value is -1.91. The number of hydrogen-bond acceptors (Lipinski definition) is 3. The zero-order chi connectivity index (χ0) is 11.3. The van der Waals surface area contributed by atoms with Gasteiger partial charge in [-0.3, -0.25) is 0 Å². The standard InChI is InChI=1S/C11H11N3O2/c1-6-4-10-12-8(7-2-3-7)5-9(11(15)16)14(10)13-6/h4-5,7H,2-3H2,1H3,(H,15,16). The van der Waals surface area contributed by atoms with Crippen LogP contribution in [-0.4, -0.2) is 25.7 Å². The summed E-state index contributed by atoms with van der Waals surface area (Å²) in [6.45, 7) is 1.83. The summed E-state index contributed by atoms with van der Waals surface area (Å²) in [6.07, 6.45) is 2.21. The Morgan fingerprint density at radius 3 is 2.88 bits per heavy atom. The second kappa shape index (κ2) is 3.04. The first-order valence-corrected chi connectivity index (χ1v) is 5.26. The van der Waals surface area contributed by atoms with E-state index in [1.54, 1.807) is 12.1 Å². The van der Waals surface area contributed by atoms with Gasteiger partial charge < -0.3 is 5.11 Å². The zero-order valence-electron chi connectivity index (χ0n) is 8.84. The van der Waals surface area contributed by atoms with Crippen LogP contribution in [0, 0.1) is 6.92 Å². The van der Waals surface area contributed by atoms with Gasteiger partial charge in [-0.05, 0) is 25.8 Å². The van der Waals surface area contributed by atoms with Crippen LogP contribution >= 0.6 is 0 Å². The van der Waals surface area contributed by atoms with Crippen molar-refractivity contribution < 1.29 is 9.90 Å². The molecule has 0 bridgehead atoms. The van der Waals surface area contributed by atoms with Crippen molar-refractivity contribution in [3.63, 3.8) is 0 Å². The topological polar surface area (TPSA) is 67.5 Å². The second-order valence-electron chi connectivity index (χ2n) is 4.20. The van der Waals surface area contributed by atoms with E-state index >= 15 is 0 Å². The van der Waals surface area contributed by atoms with Crippen LogP contribution in [0.1, 0.15) is 40.6 Å². The first-order chi connectivity index (χ1) is 7.65. The van der Waals surface area contributed by atoms with Crippen LogP contribution in [0.2, 0.25) is 0 Å². The molecule has 0 radical (unpaired) electrons. The van der Waals surface area contributed by atoms with E-state index in [0.717, 1.165) is 24.2 Å². The molecular formula is C11H11N3O2. The van der Waals surface area contributed by atoms with Gasteiger partial charge in [0, 0.05) is 17.7 Å². The number of carboxylic acids is 1. The molecule has 1 aliphatic carbocycles. The molecule has 0 saturated heterocycles. The van der Waals surface area contributed by atoms with Crippen molar-refractivity contribution in [2.75, 3.05) is 0 Å². The van der Waals surface area contributed by atoms with Crippen molar-refractivity contribution in [1.29, 1.82) is 0 Å². The lowest BCUT2D eigenvalue weighted by atomic mass is 10.2. The summed E-state index contributed by atoms with van der Waals surface area (Å²) in [6, 6.07) is 3.44. The van der Waals surface area contributed by atoms with Gasteiger partial charge in [0.2, 0.25) is 0 Å². The van der Waals surface area contributed by atoms with Crippen molar-refractivity contribution in [1.82, 2.24) is 14.6 Å². The monoisotopic (exact) mass is 217 g/mol. The van der Waals surface area contributed by atoms with Crippen LogP contribution < -0.4 is 0 Å².